The molecule has 2 rings (SSSR count). The number of amides is 2. The third kappa shape index (κ3) is 5.13. The molecule has 0 aliphatic carbocycles. The summed E-state index contributed by atoms with van der Waals surface area (Å²) in [5.41, 5.74) is 1.07. The number of anilines is 1. The van der Waals surface area contributed by atoms with Gasteiger partial charge in [0, 0.05) is 38.4 Å². The topological polar surface area (TPSA) is 84.9 Å². The van der Waals surface area contributed by atoms with E-state index in [1.165, 1.54) is 0 Å². The summed E-state index contributed by atoms with van der Waals surface area (Å²) in [5.74, 6) is -0.0369. The normalized spacial score (nSPS) is 16.5. The Bertz CT molecular complexity index is 553. The van der Waals surface area contributed by atoms with E-state index in [2.05, 4.69) is 20.4 Å². The summed E-state index contributed by atoms with van der Waals surface area (Å²) >= 11 is 0. The highest BCUT2D eigenvalue weighted by atomic mass is 16.3. The Hall–Kier alpha value is -2.28. The lowest BCUT2D eigenvalue weighted by atomic mass is 10.2. The molecule has 1 heterocycles. The molecule has 132 valence electrons. The molecule has 0 unspecified atom stereocenters. The minimum absolute atomic E-state index is 0.133. The first-order valence-electron chi connectivity index (χ1n) is 8.33. The molecule has 2 amide bonds. The minimum Gasteiger partial charge on any atom is -0.508 e. The van der Waals surface area contributed by atoms with Gasteiger partial charge in [0.15, 0.2) is 0 Å². The van der Waals surface area contributed by atoms with Gasteiger partial charge in [-0.15, -0.1) is 0 Å². The number of hydrogen-bond acceptors (Lipinski definition) is 5. The molecule has 0 aromatic heterocycles. The van der Waals surface area contributed by atoms with Gasteiger partial charge in [0.2, 0.25) is 11.8 Å². The van der Waals surface area contributed by atoms with Gasteiger partial charge in [-0.1, -0.05) is 0 Å². The molecule has 1 fully saturated rings. The molecular formula is C17H26N4O3. The highest BCUT2D eigenvalue weighted by molar-refractivity contribution is 5.87. The van der Waals surface area contributed by atoms with E-state index >= 15 is 0 Å². The van der Waals surface area contributed by atoms with Gasteiger partial charge in [-0.2, -0.15) is 0 Å². The smallest absolute Gasteiger partial charge is 0.242 e. The molecule has 1 saturated heterocycles. The number of rotatable bonds is 6. The van der Waals surface area contributed by atoms with Crippen LogP contribution in [-0.4, -0.2) is 67.1 Å². The molecule has 7 heteroatoms. The van der Waals surface area contributed by atoms with Gasteiger partial charge in [-0.3, -0.25) is 14.5 Å². The number of hydrogen-bond donors (Lipinski definition) is 3. The predicted molar refractivity (Wildman–Crippen MR) is 93.0 cm³/mol. The third-order valence-electron chi connectivity index (χ3n) is 4.08. The molecule has 1 aliphatic heterocycles. The van der Waals surface area contributed by atoms with Gasteiger partial charge in [-0.25, -0.2) is 0 Å². The highest BCUT2D eigenvalue weighted by Gasteiger charge is 2.21. The number of phenolic OH excluding ortho intramolecular Hbond substituents is 1. The van der Waals surface area contributed by atoms with Crippen LogP contribution in [-0.2, 0) is 9.59 Å². The molecule has 0 bridgehead atoms. The standard InChI is InChI=1S/C17H26N4O3/c1-3-18-17(24)13(2)19-16(23)12-20-8-10-21(11-9-20)14-4-6-15(22)7-5-14/h4-7,13,22H,3,8-12H2,1-2H3,(H,18,24)(H,19,23)/t13-/m0/s1. The van der Waals surface area contributed by atoms with Crippen LogP contribution >= 0.6 is 0 Å². The van der Waals surface area contributed by atoms with Gasteiger partial charge in [0.25, 0.3) is 0 Å². The maximum Gasteiger partial charge on any atom is 0.242 e. The second-order valence-electron chi connectivity index (χ2n) is 5.96. The van der Waals surface area contributed by atoms with E-state index in [1.54, 1.807) is 19.1 Å². The summed E-state index contributed by atoms with van der Waals surface area (Å²) < 4.78 is 0. The Kier molecular flexibility index (Phi) is 6.43. The van der Waals surface area contributed by atoms with Crippen molar-refractivity contribution in [1.29, 1.82) is 0 Å². The van der Waals surface area contributed by atoms with Crippen molar-refractivity contribution in [2.24, 2.45) is 0 Å². The van der Waals surface area contributed by atoms with Crippen LogP contribution in [0, 0.1) is 0 Å². The average molecular weight is 334 g/mol. The summed E-state index contributed by atoms with van der Waals surface area (Å²) in [6, 6.07) is 6.63. The van der Waals surface area contributed by atoms with Crippen LogP contribution in [0.1, 0.15) is 13.8 Å². The number of likely N-dealkylation sites (N-methyl/N-ethyl adjacent to an activating group) is 1. The fourth-order valence-electron chi connectivity index (χ4n) is 2.71. The number of piperazine rings is 1. The molecule has 24 heavy (non-hydrogen) atoms. The van der Waals surface area contributed by atoms with E-state index in [9.17, 15) is 14.7 Å². The monoisotopic (exact) mass is 334 g/mol. The van der Waals surface area contributed by atoms with Crippen LogP contribution in [0.25, 0.3) is 0 Å². The van der Waals surface area contributed by atoms with Crippen LogP contribution in [0.5, 0.6) is 5.75 Å². The molecule has 1 aromatic rings. The van der Waals surface area contributed by atoms with Crippen molar-refractivity contribution in [1.82, 2.24) is 15.5 Å². The van der Waals surface area contributed by atoms with E-state index in [4.69, 9.17) is 0 Å². The molecule has 0 saturated carbocycles. The Labute approximate surface area is 142 Å². The third-order valence-corrected chi connectivity index (χ3v) is 4.08. The Balaban J connectivity index is 1.75. The van der Waals surface area contributed by atoms with Crippen molar-refractivity contribution in [3.8, 4) is 5.75 Å². The van der Waals surface area contributed by atoms with Gasteiger partial charge < -0.3 is 20.6 Å². The van der Waals surface area contributed by atoms with E-state index in [-0.39, 0.29) is 17.6 Å². The van der Waals surface area contributed by atoms with Crippen molar-refractivity contribution in [2.45, 2.75) is 19.9 Å². The van der Waals surface area contributed by atoms with E-state index in [1.807, 2.05) is 19.1 Å². The number of nitrogens with zero attached hydrogens (tertiary/aromatic N) is 2. The number of benzene rings is 1. The lowest BCUT2D eigenvalue weighted by molar-refractivity contribution is -0.129. The lowest BCUT2D eigenvalue weighted by Crippen LogP contribution is -2.52. The zero-order chi connectivity index (χ0) is 17.5. The van der Waals surface area contributed by atoms with Crippen molar-refractivity contribution < 1.29 is 14.7 Å². The van der Waals surface area contributed by atoms with Crippen molar-refractivity contribution in [3.05, 3.63) is 24.3 Å². The summed E-state index contributed by atoms with van der Waals surface area (Å²) in [6.07, 6.45) is 0. The molecule has 0 spiro atoms. The maximum atomic E-state index is 12.0. The van der Waals surface area contributed by atoms with Gasteiger partial charge in [-0.05, 0) is 38.1 Å². The van der Waals surface area contributed by atoms with Crippen LogP contribution in [0.15, 0.2) is 24.3 Å². The first kappa shape index (κ1) is 18.1. The summed E-state index contributed by atoms with van der Waals surface area (Å²) in [7, 11) is 0. The lowest BCUT2D eigenvalue weighted by Gasteiger charge is -2.35. The Morgan fingerprint density at radius 1 is 1.17 bits per heavy atom. The van der Waals surface area contributed by atoms with Crippen molar-refractivity contribution >= 4 is 17.5 Å². The quantitative estimate of drug-likeness (QED) is 0.690. The fraction of sp³-hybridized carbons (Fsp3) is 0.529. The molecule has 0 radical (unpaired) electrons. The van der Waals surface area contributed by atoms with Crippen LogP contribution < -0.4 is 15.5 Å². The predicted octanol–water partition coefficient (Wildman–Crippen LogP) is 0.155. The molecule has 1 aromatic carbocycles. The zero-order valence-corrected chi connectivity index (χ0v) is 14.3. The van der Waals surface area contributed by atoms with E-state index in [0.717, 1.165) is 31.9 Å². The first-order valence-corrected chi connectivity index (χ1v) is 8.33. The number of phenols is 1. The number of carbonyl (C=O) groups excluding carboxylic acids is 2. The minimum atomic E-state index is -0.518. The van der Waals surface area contributed by atoms with E-state index in [0.29, 0.717) is 13.1 Å². The SMILES string of the molecule is CCNC(=O)[C@H](C)NC(=O)CN1CCN(c2ccc(O)cc2)CC1. The van der Waals surface area contributed by atoms with Crippen LogP contribution in [0.3, 0.4) is 0 Å². The van der Waals surface area contributed by atoms with Gasteiger partial charge >= 0.3 is 0 Å². The van der Waals surface area contributed by atoms with Crippen molar-refractivity contribution in [3.63, 3.8) is 0 Å². The van der Waals surface area contributed by atoms with Crippen LogP contribution in [0.2, 0.25) is 0 Å². The van der Waals surface area contributed by atoms with E-state index < -0.39 is 6.04 Å². The van der Waals surface area contributed by atoms with Gasteiger partial charge in [0.05, 0.1) is 6.54 Å². The zero-order valence-electron chi connectivity index (χ0n) is 14.3. The largest absolute Gasteiger partial charge is 0.508 e. The summed E-state index contributed by atoms with van der Waals surface area (Å²) in [5, 5.41) is 14.8. The maximum absolute atomic E-state index is 12.0. The number of aromatic hydroxyl groups is 1. The fourth-order valence-corrected chi connectivity index (χ4v) is 2.71. The Morgan fingerprint density at radius 3 is 2.38 bits per heavy atom. The second kappa shape index (κ2) is 8.54. The first-order chi connectivity index (χ1) is 11.5. The number of nitrogens with one attached hydrogen (secondary N) is 2. The van der Waals surface area contributed by atoms with Gasteiger partial charge in [0.1, 0.15) is 11.8 Å². The Morgan fingerprint density at radius 2 is 1.79 bits per heavy atom. The number of carbonyl (C=O) groups is 2. The summed E-state index contributed by atoms with van der Waals surface area (Å²) in [6.45, 7) is 7.60. The second-order valence-corrected chi connectivity index (χ2v) is 5.96. The summed E-state index contributed by atoms with van der Waals surface area (Å²) in [4.78, 5) is 28.0. The molecule has 3 N–H and O–H groups in total. The molecule has 7 nitrogen and oxygen atoms in total. The molecular weight excluding hydrogens is 308 g/mol. The average Bonchev–Trinajstić information content (AvgIpc) is 2.56. The molecule has 1 atom stereocenters. The molecule has 1 aliphatic rings. The van der Waals surface area contributed by atoms with Crippen LogP contribution in [0.4, 0.5) is 5.69 Å². The van der Waals surface area contributed by atoms with Crippen molar-refractivity contribution in [2.75, 3.05) is 44.2 Å². The highest BCUT2D eigenvalue weighted by Crippen LogP contribution is 2.19.